The van der Waals surface area contributed by atoms with E-state index in [4.69, 9.17) is 4.74 Å². The molecule has 0 saturated carbocycles. The number of nitrogens with one attached hydrogen (secondary N) is 1. The van der Waals surface area contributed by atoms with E-state index >= 15 is 0 Å². The van der Waals surface area contributed by atoms with Crippen LogP contribution in [0.5, 0.6) is 5.75 Å². The van der Waals surface area contributed by atoms with Crippen molar-refractivity contribution >= 4 is 11.6 Å². The second-order valence-electron chi connectivity index (χ2n) is 4.75. The van der Waals surface area contributed by atoms with E-state index in [9.17, 15) is 14.9 Å². The Kier molecular flexibility index (Phi) is 4.72. The SMILES string of the molecule is COc1ccc(C(=O)NC(C)Cn2cccn2)cc1[N+](=O)[O-]. The van der Waals surface area contributed by atoms with E-state index in [1.54, 1.807) is 23.1 Å². The van der Waals surface area contributed by atoms with Gasteiger partial charge in [-0.25, -0.2) is 0 Å². The lowest BCUT2D eigenvalue weighted by Crippen LogP contribution is -2.35. The van der Waals surface area contributed by atoms with Crippen LogP contribution in [0.1, 0.15) is 17.3 Å². The first-order valence-corrected chi connectivity index (χ1v) is 6.62. The van der Waals surface area contributed by atoms with Crippen molar-refractivity contribution in [1.29, 1.82) is 0 Å². The summed E-state index contributed by atoms with van der Waals surface area (Å²) in [6.07, 6.45) is 3.45. The van der Waals surface area contributed by atoms with Crippen LogP contribution >= 0.6 is 0 Å². The first kappa shape index (κ1) is 15.5. The molecule has 0 aliphatic rings. The fraction of sp³-hybridized carbons (Fsp3) is 0.286. The second-order valence-corrected chi connectivity index (χ2v) is 4.75. The quantitative estimate of drug-likeness (QED) is 0.645. The molecule has 0 aliphatic heterocycles. The van der Waals surface area contributed by atoms with Crippen molar-refractivity contribution in [2.45, 2.75) is 19.5 Å². The van der Waals surface area contributed by atoms with E-state index in [1.807, 2.05) is 6.92 Å². The number of aromatic nitrogens is 2. The van der Waals surface area contributed by atoms with Gasteiger partial charge in [-0.05, 0) is 25.1 Å². The lowest BCUT2D eigenvalue weighted by atomic mass is 10.1. The number of hydrogen-bond acceptors (Lipinski definition) is 5. The van der Waals surface area contributed by atoms with Crippen molar-refractivity contribution in [3.8, 4) is 5.75 Å². The van der Waals surface area contributed by atoms with Gasteiger partial charge in [-0.3, -0.25) is 19.6 Å². The number of nitrogens with zero attached hydrogens (tertiary/aromatic N) is 3. The summed E-state index contributed by atoms with van der Waals surface area (Å²) in [5.41, 5.74) is -0.0327. The number of methoxy groups -OCH3 is 1. The number of carbonyl (C=O) groups is 1. The highest BCUT2D eigenvalue weighted by molar-refractivity contribution is 5.95. The number of benzene rings is 1. The van der Waals surface area contributed by atoms with Crippen LogP contribution in [0.3, 0.4) is 0 Å². The molecule has 0 fully saturated rings. The minimum absolute atomic E-state index is 0.117. The zero-order valence-corrected chi connectivity index (χ0v) is 12.2. The number of carbonyl (C=O) groups excluding carboxylic acids is 1. The van der Waals surface area contributed by atoms with Crippen LogP contribution < -0.4 is 10.1 Å². The second kappa shape index (κ2) is 6.70. The Hall–Kier alpha value is -2.90. The molecule has 0 radical (unpaired) electrons. The van der Waals surface area contributed by atoms with Crippen LogP contribution in [0.4, 0.5) is 5.69 Å². The molecular weight excluding hydrogens is 288 g/mol. The molecule has 8 nitrogen and oxygen atoms in total. The third-order valence-electron chi connectivity index (χ3n) is 3.04. The predicted octanol–water partition coefficient (Wildman–Crippen LogP) is 1.62. The average molecular weight is 304 g/mol. The van der Waals surface area contributed by atoms with Gasteiger partial charge in [0.05, 0.1) is 18.6 Å². The Morgan fingerprint density at radius 2 is 2.32 bits per heavy atom. The molecule has 1 N–H and O–H groups in total. The summed E-state index contributed by atoms with van der Waals surface area (Å²) >= 11 is 0. The maximum atomic E-state index is 12.2. The van der Waals surface area contributed by atoms with Gasteiger partial charge in [0.25, 0.3) is 5.91 Å². The summed E-state index contributed by atoms with van der Waals surface area (Å²) < 4.78 is 6.60. The molecule has 0 aliphatic carbocycles. The molecule has 1 aromatic heterocycles. The average Bonchev–Trinajstić information content (AvgIpc) is 2.99. The molecule has 1 unspecified atom stereocenters. The van der Waals surface area contributed by atoms with E-state index < -0.39 is 4.92 Å². The first-order valence-electron chi connectivity index (χ1n) is 6.62. The highest BCUT2D eigenvalue weighted by Gasteiger charge is 2.19. The topological polar surface area (TPSA) is 99.3 Å². The fourth-order valence-electron chi connectivity index (χ4n) is 2.02. The van der Waals surface area contributed by atoms with E-state index in [-0.39, 0.29) is 28.9 Å². The largest absolute Gasteiger partial charge is 0.490 e. The summed E-state index contributed by atoms with van der Waals surface area (Å²) in [5, 5.41) is 17.8. The van der Waals surface area contributed by atoms with Crippen molar-refractivity contribution in [1.82, 2.24) is 15.1 Å². The standard InChI is InChI=1S/C14H16N4O4/c1-10(9-17-7-3-6-15-17)16-14(19)11-4-5-13(22-2)12(8-11)18(20)21/h3-8,10H,9H2,1-2H3,(H,16,19). The molecule has 0 saturated heterocycles. The normalized spacial score (nSPS) is 11.7. The number of rotatable bonds is 6. The summed E-state index contributed by atoms with van der Waals surface area (Å²) in [6, 6.07) is 5.72. The molecule has 1 atom stereocenters. The Morgan fingerprint density at radius 1 is 1.55 bits per heavy atom. The molecule has 116 valence electrons. The van der Waals surface area contributed by atoms with Gasteiger partial charge in [0, 0.05) is 30.1 Å². The zero-order chi connectivity index (χ0) is 16.1. The van der Waals surface area contributed by atoms with E-state index in [1.165, 1.54) is 25.3 Å². The summed E-state index contributed by atoms with van der Waals surface area (Å²) in [4.78, 5) is 22.5. The molecule has 1 heterocycles. The summed E-state index contributed by atoms with van der Waals surface area (Å²) in [6.45, 7) is 2.34. The van der Waals surface area contributed by atoms with E-state index in [0.717, 1.165) is 0 Å². The van der Waals surface area contributed by atoms with Gasteiger partial charge in [-0.15, -0.1) is 0 Å². The zero-order valence-electron chi connectivity index (χ0n) is 12.2. The molecule has 1 amide bonds. The van der Waals surface area contributed by atoms with Gasteiger partial charge in [0.15, 0.2) is 5.75 Å². The van der Waals surface area contributed by atoms with Crippen LogP contribution in [-0.4, -0.2) is 33.8 Å². The molecule has 22 heavy (non-hydrogen) atoms. The Labute approximate surface area is 126 Å². The maximum Gasteiger partial charge on any atom is 0.311 e. The third kappa shape index (κ3) is 3.60. The van der Waals surface area contributed by atoms with Crippen molar-refractivity contribution in [3.63, 3.8) is 0 Å². The highest BCUT2D eigenvalue weighted by atomic mass is 16.6. The molecular formula is C14H16N4O4. The Bertz CT molecular complexity index is 669. The Morgan fingerprint density at radius 3 is 2.91 bits per heavy atom. The highest BCUT2D eigenvalue weighted by Crippen LogP contribution is 2.27. The molecule has 2 aromatic rings. The minimum atomic E-state index is -0.581. The van der Waals surface area contributed by atoms with Crippen molar-refractivity contribution in [2.24, 2.45) is 0 Å². The summed E-state index contributed by atoms with van der Waals surface area (Å²) in [7, 11) is 1.34. The van der Waals surface area contributed by atoms with Gasteiger partial charge < -0.3 is 10.1 Å². The molecule has 2 rings (SSSR count). The number of nitro benzene ring substituents is 1. The molecule has 0 bridgehead atoms. The molecule has 1 aromatic carbocycles. The smallest absolute Gasteiger partial charge is 0.311 e. The maximum absolute atomic E-state index is 12.2. The van der Waals surface area contributed by atoms with Crippen molar-refractivity contribution in [3.05, 3.63) is 52.3 Å². The van der Waals surface area contributed by atoms with Crippen LogP contribution in [0.15, 0.2) is 36.7 Å². The van der Waals surface area contributed by atoms with Crippen LogP contribution in [0.25, 0.3) is 0 Å². The van der Waals surface area contributed by atoms with Gasteiger partial charge in [-0.2, -0.15) is 5.10 Å². The monoisotopic (exact) mass is 304 g/mol. The van der Waals surface area contributed by atoms with E-state index in [0.29, 0.717) is 6.54 Å². The number of nitro groups is 1. The van der Waals surface area contributed by atoms with Crippen molar-refractivity contribution in [2.75, 3.05) is 7.11 Å². The number of ether oxygens (including phenoxy) is 1. The fourth-order valence-corrected chi connectivity index (χ4v) is 2.02. The third-order valence-corrected chi connectivity index (χ3v) is 3.04. The van der Waals surface area contributed by atoms with Gasteiger partial charge in [-0.1, -0.05) is 0 Å². The van der Waals surface area contributed by atoms with Gasteiger partial charge >= 0.3 is 5.69 Å². The van der Waals surface area contributed by atoms with Gasteiger partial charge in [0.1, 0.15) is 0 Å². The van der Waals surface area contributed by atoms with E-state index in [2.05, 4.69) is 10.4 Å². The number of hydrogen-bond donors (Lipinski definition) is 1. The first-order chi connectivity index (χ1) is 10.5. The molecule has 8 heteroatoms. The minimum Gasteiger partial charge on any atom is -0.490 e. The van der Waals surface area contributed by atoms with Crippen LogP contribution in [0, 0.1) is 10.1 Å². The lowest BCUT2D eigenvalue weighted by molar-refractivity contribution is -0.385. The molecule has 0 spiro atoms. The Balaban J connectivity index is 2.09. The predicted molar refractivity (Wildman–Crippen MR) is 78.8 cm³/mol. The van der Waals surface area contributed by atoms with Crippen LogP contribution in [0.2, 0.25) is 0 Å². The van der Waals surface area contributed by atoms with Crippen LogP contribution in [-0.2, 0) is 6.54 Å². The van der Waals surface area contributed by atoms with Crippen molar-refractivity contribution < 1.29 is 14.5 Å². The lowest BCUT2D eigenvalue weighted by Gasteiger charge is -2.14. The number of amides is 1. The summed E-state index contributed by atoms with van der Waals surface area (Å²) in [5.74, 6) is -0.267. The van der Waals surface area contributed by atoms with Gasteiger partial charge in [0.2, 0.25) is 0 Å².